The Kier molecular flexibility index (Phi) is 6.64. The topological polar surface area (TPSA) is 105 Å². The number of fused-ring (bicyclic) bond motifs is 1. The van der Waals surface area contributed by atoms with Crippen molar-refractivity contribution >= 4 is 29.1 Å². The van der Waals surface area contributed by atoms with Crippen LogP contribution >= 0.6 is 0 Å². The van der Waals surface area contributed by atoms with Crippen LogP contribution in [0.25, 0.3) is 0 Å². The highest BCUT2D eigenvalue weighted by Gasteiger charge is 2.27. The number of imidazole rings is 1. The number of unbranched alkanes of at least 4 members (excludes halogenated alkanes) is 1. The van der Waals surface area contributed by atoms with Crippen molar-refractivity contribution in [3.8, 4) is 0 Å². The highest BCUT2D eigenvalue weighted by Crippen LogP contribution is 2.23. The second kappa shape index (κ2) is 9.36. The summed E-state index contributed by atoms with van der Waals surface area (Å²) < 4.78 is 1.87. The number of aromatic nitrogens is 2. The molecule has 3 amide bonds. The Morgan fingerprint density at radius 2 is 1.86 bits per heavy atom. The molecule has 0 aliphatic carbocycles. The monoisotopic (exact) mass is 397 g/mol. The van der Waals surface area contributed by atoms with Crippen molar-refractivity contribution in [1.82, 2.24) is 14.9 Å². The predicted octanol–water partition coefficient (Wildman–Crippen LogP) is 2.96. The number of hydrogen-bond donors (Lipinski definition) is 3. The van der Waals surface area contributed by atoms with Crippen LogP contribution < -0.4 is 16.0 Å². The van der Waals surface area contributed by atoms with Gasteiger partial charge in [-0.3, -0.25) is 14.4 Å². The molecule has 0 saturated carbocycles. The van der Waals surface area contributed by atoms with Gasteiger partial charge in [-0.1, -0.05) is 19.4 Å². The summed E-state index contributed by atoms with van der Waals surface area (Å²) in [4.78, 5) is 41.1. The molecule has 2 aromatic rings. The molecule has 29 heavy (non-hydrogen) atoms. The van der Waals surface area contributed by atoms with Gasteiger partial charge < -0.3 is 20.5 Å². The average Bonchev–Trinajstić information content (AvgIpc) is 3.08. The van der Waals surface area contributed by atoms with Crippen LogP contribution in [0.2, 0.25) is 0 Å². The van der Waals surface area contributed by atoms with Gasteiger partial charge in [0.2, 0.25) is 5.91 Å². The number of anilines is 2. The number of amides is 3. The number of carbonyl (C=O) groups excluding carboxylic acids is 3. The van der Waals surface area contributed by atoms with Gasteiger partial charge in [0.15, 0.2) is 11.5 Å². The Morgan fingerprint density at radius 3 is 2.59 bits per heavy atom. The van der Waals surface area contributed by atoms with E-state index in [4.69, 9.17) is 0 Å². The van der Waals surface area contributed by atoms with Crippen molar-refractivity contribution in [2.24, 2.45) is 0 Å². The van der Waals surface area contributed by atoms with Gasteiger partial charge in [-0.05, 0) is 43.9 Å². The lowest BCUT2D eigenvalue weighted by molar-refractivity contribution is -0.114. The molecule has 1 aromatic heterocycles. The number of carbonyl (C=O) groups is 3. The summed E-state index contributed by atoms with van der Waals surface area (Å²) in [5, 5.41) is 8.40. The lowest BCUT2D eigenvalue weighted by Gasteiger charge is -2.17. The van der Waals surface area contributed by atoms with Gasteiger partial charge in [0, 0.05) is 31.4 Å². The van der Waals surface area contributed by atoms with E-state index >= 15 is 0 Å². The Balaban J connectivity index is 1.82. The number of hydrogen-bond acceptors (Lipinski definition) is 4. The molecule has 0 bridgehead atoms. The molecule has 0 radical (unpaired) electrons. The van der Waals surface area contributed by atoms with Crippen LogP contribution in [0.4, 0.5) is 11.4 Å². The quantitative estimate of drug-likeness (QED) is 0.625. The fraction of sp³-hybridized carbons (Fsp3) is 0.429. The van der Waals surface area contributed by atoms with E-state index < -0.39 is 0 Å². The smallest absolute Gasteiger partial charge is 0.287 e. The minimum Gasteiger partial charge on any atom is -0.349 e. The third kappa shape index (κ3) is 5.01. The Hall–Kier alpha value is -3.16. The second-order valence-corrected chi connectivity index (χ2v) is 7.17. The predicted molar refractivity (Wildman–Crippen MR) is 111 cm³/mol. The van der Waals surface area contributed by atoms with Crippen LogP contribution in [0.5, 0.6) is 0 Å². The summed E-state index contributed by atoms with van der Waals surface area (Å²) in [5.74, 6) is -0.486. The lowest BCUT2D eigenvalue weighted by atomic mass is 10.1. The van der Waals surface area contributed by atoms with Crippen molar-refractivity contribution in [3.05, 3.63) is 41.5 Å². The first kappa shape index (κ1) is 20.6. The van der Waals surface area contributed by atoms with Crippen LogP contribution in [-0.2, 0) is 17.8 Å². The molecule has 2 heterocycles. The first-order valence-electron chi connectivity index (χ1n) is 10.1. The van der Waals surface area contributed by atoms with Crippen molar-refractivity contribution in [3.63, 3.8) is 0 Å². The molecule has 3 rings (SSSR count). The summed E-state index contributed by atoms with van der Waals surface area (Å²) in [7, 11) is 0. The van der Waals surface area contributed by atoms with E-state index in [0.717, 1.165) is 31.4 Å². The molecule has 0 unspecified atom stereocenters. The minimum atomic E-state index is -0.358. The molecule has 1 aliphatic rings. The minimum absolute atomic E-state index is 0.185. The van der Waals surface area contributed by atoms with Gasteiger partial charge in [-0.2, -0.15) is 0 Å². The molecule has 8 heteroatoms. The number of benzene rings is 1. The maximum Gasteiger partial charge on any atom is 0.287 e. The van der Waals surface area contributed by atoms with E-state index in [0.29, 0.717) is 36.7 Å². The van der Waals surface area contributed by atoms with Gasteiger partial charge >= 0.3 is 0 Å². The molecule has 3 N–H and O–H groups in total. The van der Waals surface area contributed by atoms with Crippen molar-refractivity contribution in [2.75, 3.05) is 17.2 Å². The molecule has 8 nitrogen and oxygen atoms in total. The second-order valence-electron chi connectivity index (χ2n) is 7.17. The largest absolute Gasteiger partial charge is 0.349 e. The van der Waals surface area contributed by atoms with Crippen LogP contribution in [0.3, 0.4) is 0 Å². The summed E-state index contributed by atoms with van der Waals surface area (Å²) in [6.07, 6.45) is 4.52. The van der Waals surface area contributed by atoms with Crippen LogP contribution in [-0.4, -0.2) is 33.8 Å². The normalized spacial score (nSPS) is 12.8. The van der Waals surface area contributed by atoms with E-state index in [1.165, 1.54) is 6.92 Å². The van der Waals surface area contributed by atoms with E-state index in [1.54, 1.807) is 24.3 Å². The summed E-state index contributed by atoms with van der Waals surface area (Å²) in [5.41, 5.74) is 2.23. The Labute approximate surface area is 170 Å². The maximum atomic E-state index is 12.9. The van der Waals surface area contributed by atoms with E-state index in [2.05, 4.69) is 27.9 Å². The van der Waals surface area contributed by atoms with Gasteiger partial charge in [0.1, 0.15) is 0 Å². The zero-order chi connectivity index (χ0) is 20.8. The molecule has 154 valence electrons. The highest BCUT2D eigenvalue weighted by molar-refractivity contribution is 6.05. The molecular formula is C21H27N5O3. The summed E-state index contributed by atoms with van der Waals surface area (Å²) >= 11 is 0. The molecule has 0 atom stereocenters. The Bertz CT molecular complexity index is 919. The van der Waals surface area contributed by atoms with Crippen molar-refractivity contribution < 1.29 is 14.4 Å². The fourth-order valence-corrected chi connectivity index (χ4v) is 3.42. The molecule has 0 fully saturated rings. The van der Waals surface area contributed by atoms with E-state index in [1.807, 2.05) is 4.57 Å². The fourth-order valence-electron chi connectivity index (χ4n) is 3.42. The van der Waals surface area contributed by atoms with Crippen LogP contribution in [0, 0.1) is 0 Å². The first-order valence-corrected chi connectivity index (χ1v) is 10.1. The lowest BCUT2D eigenvalue weighted by Crippen LogP contribution is -2.28. The number of nitrogens with one attached hydrogen (secondary N) is 3. The van der Waals surface area contributed by atoms with Crippen molar-refractivity contribution in [1.29, 1.82) is 0 Å². The first-order chi connectivity index (χ1) is 14.0. The van der Waals surface area contributed by atoms with Crippen LogP contribution in [0.1, 0.15) is 66.3 Å². The summed E-state index contributed by atoms with van der Waals surface area (Å²) in [6, 6.07) is 6.91. The zero-order valence-corrected chi connectivity index (χ0v) is 16.9. The Morgan fingerprint density at radius 1 is 1.10 bits per heavy atom. The third-order valence-corrected chi connectivity index (χ3v) is 4.79. The SMILES string of the molecule is CCCCNC(=O)c1nc(C(=O)Nc2cccc(NC(C)=O)c2)c2n1CCCC2. The standard InChI is InChI=1S/C21H27N5O3/c1-3-4-11-22-21(29)19-25-18(17-10-5-6-12-26(17)19)20(28)24-16-9-7-8-15(13-16)23-14(2)27/h7-9,13H,3-6,10-12H2,1-2H3,(H,22,29)(H,23,27)(H,24,28). The van der Waals surface area contributed by atoms with E-state index in [-0.39, 0.29) is 23.4 Å². The number of rotatable bonds is 7. The van der Waals surface area contributed by atoms with Gasteiger partial charge in [0.05, 0.1) is 5.69 Å². The van der Waals surface area contributed by atoms with Crippen LogP contribution in [0.15, 0.2) is 24.3 Å². The number of nitrogens with zero attached hydrogens (tertiary/aromatic N) is 2. The molecule has 0 spiro atoms. The maximum absolute atomic E-state index is 12.9. The van der Waals surface area contributed by atoms with Gasteiger partial charge in [-0.25, -0.2) is 4.98 Å². The van der Waals surface area contributed by atoms with Crippen molar-refractivity contribution in [2.45, 2.75) is 52.5 Å². The molecular weight excluding hydrogens is 370 g/mol. The van der Waals surface area contributed by atoms with Gasteiger partial charge in [-0.15, -0.1) is 0 Å². The summed E-state index contributed by atoms with van der Waals surface area (Å²) in [6.45, 7) is 4.77. The highest BCUT2D eigenvalue weighted by atomic mass is 16.2. The van der Waals surface area contributed by atoms with Gasteiger partial charge in [0.25, 0.3) is 11.8 Å². The van der Waals surface area contributed by atoms with E-state index in [9.17, 15) is 14.4 Å². The zero-order valence-electron chi connectivity index (χ0n) is 16.9. The molecule has 1 aromatic carbocycles. The third-order valence-electron chi connectivity index (χ3n) is 4.79. The molecule has 0 saturated heterocycles. The average molecular weight is 397 g/mol. The molecule has 1 aliphatic heterocycles.